The van der Waals surface area contributed by atoms with Gasteiger partial charge in [0.25, 0.3) is 5.91 Å². The van der Waals surface area contributed by atoms with Crippen LogP contribution in [0.2, 0.25) is 0 Å². The third-order valence-electron chi connectivity index (χ3n) is 6.06. The van der Waals surface area contributed by atoms with Crippen LogP contribution in [-0.2, 0) is 14.3 Å². The average molecular weight is 476 g/mol. The van der Waals surface area contributed by atoms with Crippen LogP contribution in [0.4, 0.5) is 5.00 Å². The smallest absolute Gasteiger partial charge is 0.306 e. The van der Waals surface area contributed by atoms with Gasteiger partial charge < -0.3 is 25.4 Å². The molecule has 1 saturated heterocycles. The first kappa shape index (κ1) is 24.8. The minimum atomic E-state index is -0.534. The number of nitrogens with two attached hydrogens (primary N) is 1. The van der Waals surface area contributed by atoms with Crippen molar-refractivity contribution in [2.24, 2.45) is 5.41 Å². The van der Waals surface area contributed by atoms with E-state index >= 15 is 0 Å². The number of hydrogen-bond donors (Lipinski definition) is 2. The number of ether oxygens (including phenoxy) is 2. The van der Waals surface area contributed by atoms with Gasteiger partial charge >= 0.3 is 5.97 Å². The zero-order valence-electron chi connectivity index (χ0n) is 19.7. The minimum Gasteiger partial charge on any atom is -0.495 e. The van der Waals surface area contributed by atoms with E-state index in [4.69, 9.17) is 15.2 Å². The molecule has 2 heterocycles. The molecule has 9 heteroatoms. The summed E-state index contributed by atoms with van der Waals surface area (Å²) in [6.07, 6.45) is 1.46. The Morgan fingerprint density at radius 3 is 2.52 bits per heavy atom. The highest BCUT2D eigenvalue weighted by Crippen LogP contribution is 2.42. The molecular weight excluding hydrogens is 442 g/mol. The lowest BCUT2D eigenvalue weighted by Crippen LogP contribution is -2.46. The van der Waals surface area contributed by atoms with Crippen LogP contribution in [0.5, 0.6) is 5.75 Å². The molecule has 0 aliphatic carbocycles. The van der Waals surface area contributed by atoms with E-state index < -0.39 is 5.41 Å². The fraction of sp³-hybridized carbons (Fsp3) is 0.542. The lowest BCUT2D eigenvalue weighted by atomic mass is 9.72. The van der Waals surface area contributed by atoms with Crippen molar-refractivity contribution < 1.29 is 23.9 Å². The molecule has 1 fully saturated rings. The van der Waals surface area contributed by atoms with Gasteiger partial charge in [-0.25, -0.2) is 0 Å². The number of amides is 2. The van der Waals surface area contributed by atoms with Gasteiger partial charge in [-0.2, -0.15) is 0 Å². The number of piperidine rings is 1. The fourth-order valence-electron chi connectivity index (χ4n) is 4.48. The first-order valence-corrected chi connectivity index (χ1v) is 12.1. The quantitative estimate of drug-likeness (QED) is 0.565. The first-order chi connectivity index (χ1) is 15.7. The van der Waals surface area contributed by atoms with Gasteiger partial charge in [0, 0.05) is 30.9 Å². The molecule has 33 heavy (non-hydrogen) atoms. The van der Waals surface area contributed by atoms with Crippen LogP contribution in [0.1, 0.15) is 56.8 Å². The van der Waals surface area contributed by atoms with E-state index in [0.717, 1.165) is 10.1 Å². The Bertz CT molecular complexity index is 1020. The molecule has 1 aromatic carbocycles. The van der Waals surface area contributed by atoms with Gasteiger partial charge in [0.15, 0.2) is 0 Å². The summed E-state index contributed by atoms with van der Waals surface area (Å²) >= 11 is 1.34. The second kappa shape index (κ2) is 10.4. The third kappa shape index (κ3) is 5.58. The fourth-order valence-corrected chi connectivity index (χ4v) is 5.53. The van der Waals surface area contributed by atoms with Crippen molar-refractivity contribution in [2.45, 2.75) is 52.5 Å². The van der Waals surface area contributed by atoms with Crippen molar-refractivity contribution in [2.75, 3.05) is 32.5 Å². The number of hydrogen-bond acceptors (Lipinski definition) is 7. The number of likely N-dealkylation sites (tertiary alicyclic amines) is 1. The van der Waals surface area contributed by atoms with Gasteiger partial charge in [0.05, 0.1) is 35.4 Å². The molecule has 1 aliphatic rings. The summed E-state index contributed by atoms with van der Waals surface area (Å²) < 4.78 is 11.4. The summed E-state index contributed by atoms with van der Waals surface area (Å²) in [6.45, 7) is 6.75. The van der Waals surface area contributed by atoms with E-state index in [1.165, 1.54) is 11.3 Å². The van der Waals surface area contributed by atoms with E-state index in [-0.39, 0.29) is 36.7 Å². The van der Waals surface area contributed by atoms with Gasteiger partial charge in [0.2, 0.25) is 5.91 Å². The zero-order chi connectivity index (χ0) is 24.2. The maximum absolute atomic E-state index is 13.4. The molecule has 1 aromatic heterocycles. The van der Waals surface area contributed by atoms with Crippen LogP contribution in [0.25, 0.3) is 10.1 Å². The molecule has 0 atom stereocenters. The van der Waals surface area contributed by atoms with Crippen molar-refractivity contribution in [3.63, 3.8) is 0 Å². The van der Waals surface area contributed by atoms with Crippen LogP contribution in [0.3, 0.4) is 0 Å². The lowest BCUT2D eigenvalue weighted by Gasteiger charge is -2.41. The maximum Gasteiger partial charge on any atom is 0.306 e. The molecule has 0 unspecified atom stereocenters. The number of methoxy groups -OCH3 is 1. The predicted octanol–water partition coefficient (Wildman–Crippen LogP) is 3.58. The SMILES string of the molecule is CCOC(=O)CC1(CC(=O)NC(C)C)CCN(C(=O)c2c(N)sc3c(OC)cccc23)CC1. The molecule has 0 radical (unpaired) electrons. The Morgan fingerprint density at radius 1 is 1.21 bits per heavy atom. The molecule has 180 valence electrons. The number of benzene rings is 1. The number of nitrogen functional groups attached to an aromatic ring is 1. The number of carbonyl (C=O) groups is 3. The number of nitrogens with zero attached hydrogens (tertiary/aromatic N) is 1. The van der Waals surface area contributed by atoms with E-state index in [2.05, 4.69) is 5.32 Å². The molecule has 3 N–H and O–H groups in total. The second-order valence-electron chi connectivity index (χ2n) is 8.85. The van der Waals surface area contributed by atoms with E-state index in [1.54, 1.807) is 18.9 Å². The summed E-state index contributed by atoms with van der Waals surface area (Å²) in [4.78, 5) is 40.1. The van der Waals surface area contributed by atoms with Crippen LogP contribution in [-0.4, -0.2) is 55.5 Å². The van der Waals surface area contributed by atoms with Gasteiger partial charge in [-0.3, -0.25) is 14.4 Å². The molecular formula is C24H33N3O5S. The summed E-state index contributed by atoms with van der Waals surface area (Å²) in [5.74, 6) is 0.152. The van der Waals surface area contributed by atoms with E-state index in [9.17, 15) is 14.4 Å². The number of rotatable bonds is 8. The predicted molar refractivity (Wildman–Crippen MR) is 130 cm³/mol. The van der Waals surface area contributed by atoms with E-state index in [0.29, 0.717) is 48.9 Å². The highest BCUT2D eigenvalue weighted by atomic mass is 32.1. The molecule has 0 bridgehead atoms. The van der Waals surface area contributed by atoms with Gasteiger partial charge in [-0.1, -0.05) is 12.1 Å². The second-order valence-corrected chi connectivity index (χ2v) is 9.90. The summed E-state index contributed by atoms with van der Waals surface area (Å²) in [7, 11) is 1.59. The number of esters is 1. The largest absolute Gasteiger partial charge is 0.495 e. The number of fused-ring (bicyclic) bond motifs is 1. The number of anilines is 1. The van der Waals surface area contributed by atoms with Crippen molar-refractivity contribution in [3.05, 3.63) is 23.8 Å². The molecule has 0 saturated carbocycles. The number of nitrogens with one attached hydrogen (secondary N) is 1. The Morgan fingerprint density at radius 2 is 1.91 bits per heavy atom. The van der Waals surface area contributed by atoms with Crippen LogP contribution >= 0.6 is 11.3 Å². The third-order valence-corrected chi connectivity index (χ3v) is 7.11. The van der Waals surface area contributed by atoms with Gasteiger partial charge in [-0.15, -0.1) is 11.3 Å². The van der Waals surface area contributed by atoms with Crippen molar-refractivity contribution in [3.8, 4) is 5.75 Å². The van der Waals surface area contributed by atoms with Crippen molar-refractivity contribution in [1.82, 2.24) is 10.2 Å². The zero-order valence-corrected chi connectivity index (χ0v) is 20.5. The van der Waals surface area contributed by atoms with Crippen LogP contribution < -0.4 is 15.8 Å². The topological polar surface area (TPSA) is 111 Å². The highest BCUT2D eigenvalue weighted by molar-refractivity contribution is 7.23. The lowest BCUT2D eigenvalue weighted by molar-refractivity contribution is -0.147. The highest BCUT2D eigenvalue weighted by Gasteiger charge is 2.40. The monoisotopic (exact) mass is 475 g/mol. The van der Waals surface area contributed by atoms with E-state index in [1.807, 2.05) is 32.0 Å². The van der Waals surface area contributed by atoms with Gasteiger partial charge in [0.1, 0.15) is 5.75 Å². The molecule has 3 rings (SSSR count). The first-order valence-electron chi connectivity index (χ1n) is 11.3. The Balaban J connectivity index is 1.79. The average Bonchev–Trinajstić information content (AvgIpc) is 3.08. The number of thiophene rings is 1. The minimum absolute atomic E-state index is 0.0191. The Labute approximate surface area is 198 Å². The Kier molecular flexibility index (Phi) is 7.84. The molecule has 8 nitrogen and oxygen atoms in total. The maximum atomic E-state index is 13.4. The van der Waals surface area contributed by atoms with Crippen molar-refractivity contribution >= 4 is 44.2 Å². The van der Waals surface area contributed by atoms with Gasteiger partial charge in [-0.05, 0) is 45.1 Å². The molecule has 2 aromatic rings. The van der Waals surface area contributed by atoms with Crippen LogP contribution in [0.15, 0.2) is 18.2 Å². The Hall–Kier alpha value is -2.81. The van der Waals surface area contributed by atoms with Crippen LogP contribution in [0, 0.1) is 5.41 Å². The van der Waals surface area contributed by atoms with Crippen molar-refractivity contribution in [1.29, 1.82) is 0 Å². The summed E-state index contributed by atoms with van der Waals surface area (Å²) in [5, 5.41) is 4.15. The molecule has 1 aliphatic heterocycles. The standard InChI is InChI=1S/C24H33N3O5S/c1-5-32-19(29)14-24(13-18(28)26-15(2)3)9-11-27(12-10-24)23(30)20-16-7-6-8-17(31-4)21(16)33-22(20)25/h6-8,15H,5,9-14,25H2,1-4H3,(H,26,28). The normalized spacial score (nSPS) is 15.5. The molecule has 0 spiro atoms. The summed E-state index contributed by atoms with van der Waals surface area (Å²) in [6, 6.07) is 5.59. The number of carbonyl (C=O) groups excluding carboxylic acids is 3. The summed E-state index contributed by atoms with van der Waals surface area (Å²) in [5.41, 5.74) is 6.21. The molecule has 2 amide bonds.